The topological polar surface area (TPSA) is 60.2 Å². The second-order valence-electron chi connectivity index (χ2n) is 5.09. The second kappa shape index (κ2) is 6.82. The highest BCUT2D eigenvalue weighted by Crippen LogP contribution is 2.22. The third-order valence-electron chi connectivity index (χ3n) is 3.07. The summed E-state index contributed by atoms with van der Waals surface area (Å²) in [6.07, 6.45) is 0. The van der Waals surface area contributed by atoms with Crippen LogP contribution in [0.5, 0.6) is 0 Å². The number of thiocarbonyl (C=S) groups is 1. The molecule has 0 aromatic carbocycles. The fourth-order valence-electron chi connectivity index (χ4n) is 2.03. The Morgan fingerprint density at radius 2 is 2.11 bits per heavy atom. The fourth-order valence-corrected chi connectivity index (χ4v) is 2.29. The number of hydrogen-bond acceptors (Lipinski definition) is 4. The van der Waals surface area contributed by atoms with Crippen LogP contribution in [0.4, 0.5) is 5.69 Å². The normalized spacial score (nSPS) is 12.5. The van der Waals surface area contributed by atoms with Crippen molar-refractivity contribution in [3.05, 3.63) is 23.0 Å². The zero-order valence-electron chi connectivity index (χ0n) is 12.3. The molecule has 0 aliphatic heterocycles. The van der Waals surface area contributed by atoms with Gasteiger partial charge in [-0.15, -0.1) is 0 Å². The second-order valence-corrected chi connectivity index (χ2v) is 5.53. The monoisotopic (exact) mass is 281 g/mol. The van der Waals surface area contributed by atoms with Gasteiger partial charge < -0.3 is 15.8 Å². The summed E-state index contributed by atoms with van der Waals surface area (Å²) in [4.78, 5) is 4.78. The maximum absolute atomic E-state index is 5.81. The van der Waals surface area contributed by atoms with Gasteiger partial charge in [0.25, 0.3) is 0 Å². The first-order chi connectivity index (χ1) is 8.86. The highest BCUT2D eigenvalue weighted by molar-refractivity contribution is 7.80. The molecule has 0 fully saturated rings. The zero-order chi connectivity index (χ0) is 14.6. The Hall–Kier alpha value is -1.20. The van der Waals surface area contributed by atoms with Crippen LogP contribution in [0.15, 0.2) is 6.07 Å². The van der Waals surface area contributed by atoms with Gasteiger partial charge in [-0.1, -0.05) is 26.1 Å². The molecule has 1 unspecified atom stereocenters. The van der Waals surface area contributed by atoms with E-state index < -0.39 is 0 Å². The highest BCUT2D eigenvalue weighted by Gasteiger charge is 2.17. The molecular weight excluding hydrogens is 258 g/mol. The minimum absolute atomic E-state index is 0.208. The summed E-state index contributed by atoms with van der Waals surface area (Å²) in [6, 6.07) is 2.19. The largest absolute Gasteiger partial charge is 0.389 e. The van der Waals surface area contributed by atoms with Crippen molar-refractivity contribution in [3.8, 4) is 0 Å². The lowest BCUT2D eigenvalue weighted by Gasteiger charge is -2.25. The lowest BCUT2D eigenvalue weighted by molar-refractivity contribution is 0.171. The van der Waals surface area contributed by atoms with Gasteiger partial charge in [-0.05, 0) is 25.8 Å². The Bertz CT molecular complexity index is 460. The summed E-state index contributed by atoms with van der Waals surface area (Å²) >= 11 is 5.13. The molecule has 5 heteroatoms. The fraction of sp³-hybridized carbons (Fsp3) is 0.571. The van der Waals surface area contributed by atoms with Crippen LogP contribution in [-0.2, 0) is 4.74 Å². The Morgan fingerprint density at radius 1 is 1.47 bits per heavy atom. The van der Waals surface area contributed by atoms with Gasteiger partial charge >= 0.3 is 0 Å². The van der Waals surface area contributed by atoms with Gasteiger partial charge in [0.1, 0.15) is 4.99 Å². The summed E-state index contributed by atoms with van der Waals surface area (Å²) in [6.45, 7) is 8.82. The molecule has 1 rings (SSSR count). The van der Waals surface area contributed by atoms with Crippen LogP contribution in [0.2, 0.25) is 0 Å². The molecule has 1 aromatic heterocycles. The number of aryl methyl sites for hydroxylation is 2. The van der Waals surface area contributed by atoms with Crippen LogP contribution in [0.3, 0.4) is 0 Å². The molecule has 0 amide bonds. The van der Waals surface area contributed by atoms with E-state index >= 15 is 0 Å². The van der Waals surface area contributed by atoms with E-state index in [0.717, 1.165) is 22.6 Å². The predicted molar refractivity (Wildman–Crippen MR) is 83.7 cm³/mol. The van der Waals surface area contributed by atoms with E-state index in [9.17, 15) is 0 Å². The van der Waals surface area contributed by atoms with E-state index in [2.05, 4.69) is 24.1 Å². The van der Waals surface area contributed by atoms with Crippen LogP contribution < -0.4 is 11.1 Å². The smallest absolute Gasteiger partial charge is 0.107 e. The zero-order valence-corrected chi connectivity index (χ0v) is 13.1. The van der Waals surface area contributed by atoms with Gasteiger partial charge in [0.2, 0.25) is 0 Å². The Kier molecular flexibility index (Phi) is 5.69. The molecule has 0 radical (unpaired) electrons. The van der Waals surface area contributed by atoms with Crippen molar-refractivity contribution in [1.29, 1.82) is 0 Å². The Labute approximate surface area is 120 Å². The first-order valence-corrected chi connectivity index (χ1v) is 6.81. The predicted octanol–water partition coefficient (Wildman–Crippen LogP) is 2.42. The average molecular weight is 281 g/mol. The number of ether oxygens (including phenoxy) is 1. The van der Waals surface area contributed by atoms with E-state index in [1.165, 1.54) is 0 Å². The number of anilines is 1. The Balaban J connectivity index is 3.14. The van der Waals surface area contributed by atoms with E-state index in [1.54, 1.807) is 7.11 Å². The van der Waals surface area contributed by atoms with E-state index in [1.807, 2.05) is 19.9 Å². The quantitative estimate of drug-likeness (QED) is 0.784. The summed E-state index contributed by atoms with van der Waals surface area (Å²) in [7, 11) is 1.70. The number of aromatic nitrogens is 1. The number of methoxy groups -OCH3 is 1. The number of nitrogens with zero attached hydrogens (tertiary/aromatic N) is 1. The van der Waals surface area contributed by atoms with Crippen molar-refractivity contribution in [1.82, 2.24) is 4.98 Å². The molecule has 0 aliphatic rings. The summed E-state index contributed by atoms with van der Waals surface area (Å²) in [5, 5.41) is 3.48. The summed E-state index contributed by atoms with van der Waals surface area (Å²) in [5.41, 5.74) is 9.37. The first-order valence-electron chi connectivity index (χ1n) is 6.40. The van der Waals surface area contributed by atoms with Gasteiger partial charge in [-0.25, -0.2) is 0 Å². The molecular formula is C14H23N3OS. The lowest BCUT2D eigenvalue weighted by atomic mass is 10.0. The van der Waals surface area contributed by atoms with Crippen molar-refractivity contribution in [3.63, 3.8) is 0 Å². The van der Waals surface area contributed by atoms with Gasteiger partial charge in [0.15, 0.2) is 0 Å². The van der Waals surface area contributed by atoms with Gasteiger partial charge in [-0.2, -0.15) is 0 Å². The molecule has 1 heterocycles. The van der Waals surface area contributed by atoms with Gasteiger partial charge in [0.05, 0.1) is 18.2 Å². The number of nitrogens with two attached hydrogens (primary N) is 1. The van der Waals surface area contributed by atoms with Crippen LogP contribution in [0.25, 0.3) is 0 Å². The van der Waals surface area contributed by atoms with E-state index in [-0.39, 0.29) is 6.04 Å². The SMILES string of the molecule is COCC(Nc1cc(C)nc(C)c1C(N)=S)C(C)C. The third kappa shape index (κ3) is 4.14. The van der Waals surface area contributed by atoms with E-state index in [4.69, 9.17) is 22.7 Å². The van der Waals surface area contributed by atoms with Crippen molar-refractivity contribution in [2.75, 3.05) is 19.0 Å². The van der Waals surface area contributed by atoms with Crippen LogP contribution in [0.1, 0.15) is 30.8 Å². The highest BCUT2D eigenvalue weighted by atomic mass is 32.1. The maximum atomic E-state index is 5.81. The number of rotatable bonds is 6. The van der Waals surface area contributed by atoms with Crippen molar-refractivity contribution >= 4 is 22.9 Å². The summed E-state index contributed by atoms with van der Waals surface area (Å²) < 4.78 is 5.26. The molecule has 0 bridgehead atoms. The summed E-state index contributed by atoms with van der Waals surface area (Å²) in [5.74, 6) is 0.438. The number of hydrogen-bond donors (Lipinski definition) is 2. The van der Waals surface area contributed by atoms with Crippen LogP contribution >= 0.6 is 12.2 Å². The van der Waals surface area contributed by atoms with Gasteiger partial charge in [0, 0.05) is 24.2 Å². The number of nitrogens with one attached hydrogen (secondary N) is 1. The molecule has 19 heavy (non-hydrogen) atoms. The minimum atomic E-state index is 0.208. The molecule has 0 spiro atoms. The minimum Gasteiger partial charge on any atom is -0.389 e. The maximum Gasteiger partial charge on any atom is 0.107 e. The van der Waals surface area contributed by atoms with E-state index in [0.29, 0.717) is 17.5 Å². The molecule has 0 aliphatic carbocycles. The van der Waals surface area contributed by atoms with Crippen LogP contribution in [0, 0.1) is 19.8 Å². The first kappa shape index (κ1) is 15.9. The third-order valence-corrected chi connectivity index (χ3v) is 3.27. The standard InChI is InChI=1S/C14H23N3OS/c1-8(2)12(7-18-5)17-11-6-9(3)16-10(4)13(11)14(15)19/h6,8,12H,7H2,1-5H3,(H2,15,19)(H,16,17). The van der Waals surface area contributed by atoms with Crippen molar-refractivity contribution in [2.24, 2.45) is 11.7 Å². The Morgan fingerprint density at radius 3 is 2.58 bits per heavy atom. The van der Waals surface area contributed by atoms with Crippen molar-refractivity contribution < 1.29 is 4.74 Å². The molecule has 106 valence electrons. The number of pyridine rings is 1. The van der Waals surface area contributed by atoms with Gasteiger partial charge in [-0.3, -0.25) is 4.98 Å². The van der Waals surface area contributed by atoms with Crippen molar-refractivity contribution in [2.45, 2.75) is 33.7 Å². The lowest BCUT2D eigenvalue weighted by Crippen LogP contribution is -2.32. The average Bonchev–Trinajstić information content (AvgIpc) is 2.26. The molecule has 3 N–H and O–H groups in total. The molecule has 0 saturated carbocycles. The molecule has 1 atom stereocenters. The molecule has 4 nitrogen and oxygen atoms in total. The molecule has 1 aromatic rings. The molecule has 0 saturated heterocycles. The van der Waals surface area contributed by atoms with Crippen LogP contribution in [-0.4, -0.2) is 29.7 Å².